The van der Waals surface area contributed by atoms with Gasteiger partial charge in [0, 0.05) is 6.04 Å². The van der Waals surface area contributed by atoms with Crippen LogP contribution < -0.4 is 5.32 Å². The monoisotopic (exact) mass is 218 g/mol. The number of nitrogens with one attached hydrogen (secondary N) is 1. The second-order valence-corrected chi connectivity index (χ2v) is 4.90. The molecule has 16 heavy (non-hydrogen) atoms. The normalized spacial score (nSPS) is 19.8. The van der Waals surface area contributed by atoms with E-state index in [2.05, 4.69) is 48.6 Å². The average Bonchev–Trinajstić information content (AvgIpc) is 2.29. The summed E-state index contributed by atoms with van der Waals surface area (Å²) in [5.41, 5.74) is 3.06. The minimum Gasteiger partial charge on any atom is -0.310 e. The van der Waals surface area contributed by atoms with Crippen molar-refractivity contribution in [1.82, 2.24) is 10.2 Å². The summed E-state index contributed by atoms with van der Waals surface area (Å²) >= 11 is 0. The molecule has 1 heterocycles. The van der Waals surface area contributed by atoms with Crippen molar-refractivity contribution >= 4 is 0 Å². The highest BCUT2D eigenvalue weighted by molar-refractivity contribution is 5.32. The van der Waals surface area contributed by atoms with Crippen molar-refractivity contribution in [3.05, 3.63) is 35.4 Å². The van der Waals surface area contributed by atoms with Crippen molar-refractivity contribution in [2.24, 2.45) is 0 Å². The zero-order valence-corrected chi connectivity index (χ0v) is 10.4. The second kappa shape index (κ2) is 5.46. The van der Waals surface area contributed by atoms with Crippen LogP contribution in [0.25, 0.3) is 0 Å². The fourth-order valence-electron chi connectivity index (χ4n) is 2.46. The third kappa shape index (κ3) is 2.83. The number of hydrogen-bond donors (Lipinski definition) is 1. The SMILES string of the molecule is CN(C)CCCC1NCCc2ccccc21. The molecule has 1 atom stereocenters. The molecule has 1 N–H and O–H groups in total. The van der Waals surface area contributed by atoms with Crippen LogP contribution in [0.5, 0.6) is 0 Å². The van der Waals surface area contributed by atoms with Crippen molar-refractivity contribution in [2.75, 3.05) is 27.2 Å². The van der Waals surface area contributed by atoms with Crippen LogP contribution in [-0.2, 0) is 6.42 Å². The Labute approximate surface area is 98.7 Å². The molecule has 0 radical (unpaired) electrons. The molecule has 1 aromatic rings. The number of hydrogen-bond acceptors (Lipinski definition) is 2. The number of rotatable bonds is 4. The lowest BCUT2D eigenvalue weighted by atomic mass is 9.92. The van der Waals surface area contributed by atoms with E-state index in [4.69, 9.17) is 0 Å². The van der Waals surface area contributed by atoms with Crippen LogP contribution in [0.4, 0.5) is 0 Å². The Bertz CT molecular complexity index is 333. The first-order chi connectivity index (χ1) is 7.77. The van der Waals surface area contributed by atoms with E-state index in [1.165, 1.54) is 36.9 Å². The van der Waals surface area contributed by atoms with Crippen molar-refractivity contribution in [1.29, 1.82) is 0 Å². The molecule has 0 spiro atoms. The first-order valence-electron chi connectivity index (χ1n) is 6.23. The third-order valence-electron chi connectivity index (χ3n) is 3.31. The highest BCUT2D eigenvalue weighted by Crippen LogP contribution is 2.25. The van der Waals surface area contributed by atoms with Crippen LogP contribution in [0.3, 0.4) is 0 Å². The lowest BCUT2D eigenvalue weighted by Crippen LogP contribution is -2.30. The van der Waals surface area contributed by atoms with Crippen LogP contribution in [-0.4, -0.2) is 32.1 Å². The van der Waals surface area contributed by atoms with Gasteiger partial charge in [-0.3, -0.25) is 0 Å². The van der Waals surface area contributed by atoms with E-state index in [1.54, 1.807) is 0 Å². The Balaban J connectivity index is 1.96. The molecule has 1 aliphatic heterocycles. The van der Waals surface area contributed by atoms with Crippen molar-refractivity contribution < 1.29 is 0 Å². The number of fused-ring (bicyclic) bond motifs is 1. The summed E-state index contributed by atoms with van der Waals surface area (Å²) in [6.07, 6.45) is 3.69. The maximum atomic E-state index is 3.63. The van der Waals surface area contributed by atoms with E-state index in [-0.39, 0.29) is 0 Å². The first kappa shape index (κ1) is 11.6. The van der Waals surface area contributed by atoms with E-state index in [0.717, 1.165) is 6.54 Å². The van der Waals surface area contributed by atoms with Crippen molar-refractivity contribution in [3.63, 3.8) is 0 Å². The Morgan fingerprint density at radius 3 is 2.94 bits per heavy atom. The van der Waals surface area contributed by atoms with E-state index in [9.17, 15) is 0 Å². The van der Waals surface area contributed by atoms with Gasteiger partial charge in [-0.2, -0.15) is 0 Å². The van der Waals surface area contributed by atoms with Crippen molar-refractivity contribution in [3.8, 4) is 0 Å². The maximum absolute atomic E-state index is 3.63. The Morgan fingerprint density at radius 2 is 2.12 bits per heavy atom. The molecule has 1 aromatic carbocycles. The molecule has 1 aliphatic rings. The Morgan fingerprint density at radius 1 is 1.31 bits per heavy atom. The molecule has 0 aromatic heterocycles. The minimum atomic E-state index is 0.574. The standard InChI is InChI=1S/C14H22N2/c1-16(2)11-5-8-14-13-7-4-3-6-12(13)9-10-15-14/h3-4,6-7,14-15H,5,8-11H2,1-2H3. The summed E-state index contributed by atoms with van der Waals surface area (Å²) in [6.45, 7) is 2.31. The summed E-state index contributed by atoms with van der Waals surface area (Å²) < 4.78 is 0. The van der Waals surface area contributed by atoms with Gasteiger partial charge >= 0.3 is 0 Å². The average molecular weight is 218 g/mol. The van der Waals surface area contributed by atoms with E-state index >= 15 is 0 Å². The second-order valence-electron chi connectivity index (χ2n) is 4.90. The molecule has 2 heteroatoms. The highest BCUT2D eigenvalue weighted by Gasteiger charge is 2.18. The highest BCUT2D eigenvalue weighted by atomic mass is 15.0. The zero-order valence-electron chi connectivity index (χ0n) is 10.4. The molecule has 0 bridgehead atoms. The van der Waals surface area contributed by atoms with E-state index in [1.807, 2.05) is 0 Å². The molecule has 0 amide bonds. The zero-order chi connectivity index (χ0) is 11.4. The summed E-state index contributed by atoms with van der Waals surface area (Å²) in [5, 5.41) is 3.63. The maximum Gasteiger partial charge on any atom is 0.0323 e. The van der Waals surface area contributed by atoms with Crippen molar-refractivity contribution in [2.45, 2.75) is 25.3 Å². The van der Waals surface area contributed by atoms with Gasteiger partial charge in [-0.1, -0.05) is 24.3 Å². The number of benzene rings is 1. The Kier molecular flexibility index (Phi) is 3.97. The van der Waals surface area contributed by atoms with Crippen LogP contribution in [0, 0.1) is 0 Å². The van der Waals surface area contributed by atoms with Crippen LogP contribution in [0.1, 0.15) is 30.0 Å². The fourth-order valence-corrected chi connectivity index (χ4v) is 2.46. The minimum absolute atomic E-state index is 0.574. The largest absolute Gasteiger partial charge is 0.310 e. The van der Waals surface area contributed by atoms with E-state index < -0.39 is 0 Å². The smallest absolute Gasteiger partial charge is 0.0323 e. The molecular formula is C14H22N2. The summed E-state index contributed by atoms with van der Waals surface area (Å²) in [4.78, 5) is 2.26. The summed E-state index contributed by atoms with van der Waals surface area (Å²) in [5.74, 6) is 0. The van der Waals surface area contributed by atoms with E-state index in [0.29, 0.717) is 6.04 Å². The molecule has 0 fully saturated rings. The molecule has 1 unspecified atom stereocenters. The van der Waals surface area contributed by atoms with Crippen LogP contribution in [0.15, 0.2) is 24.3 Å². The van der Waals surface area contributed by atoms with Crippen LogP contribution in [0.2, 0.25) is 0 Å². The van der Waals surface area contributed by atoms with Gasteiger partial charge in [0.1, 0.15) is 0 Å². The lowest BCUT2D eigenvalue weighted by molar-refractivity contribution is 0.368. The fraction of sp³-hybridized carbons (Fsp3) is 0.571. The molecule has 88 valence electrons. The first-order valence-corrected chi connectivity index (χ1v) is 6.23. The molecule has 0 aliphatic carbocycles. The molecule has 2 rings (SSSR count). The van der Waals surface area contributed by atoms with Gasteiger partial charge < -0.3 is 10.2 Å². The van der Waals surface area contributed by atoms with Gasteiger partial charge in [-0.05, 0) is 57.6 Å². The van der Waals surface area contributed by atoms with Gasteiger partial charge in [-0.15, -0.1) is 0 Å². The predicted molar refractivity (Wildman–Crippen MR) is 68.7 cm³/mol. The number of nitrogens with zero attached hydrogens (tertiary/aromatic N) is 1. The van der Waals surface area contributed by atoms with Gasteiger partial charge in [0.2, 0.25) is 0 Å². The molecule has 2 nitrogen and oxygen atoms in total. The lowest BCUT2D eigenvalue weighted by Gasteiger charge is -2.27. The third-order valence-corrected chi connectivity index (χ3v) is 3.31. The van der Waals surface area contributed by atoms with Gasteiger partial charge in [0.25, 0.3) is 0 Å². The van der Waals surface area contributed by atoms with Crippen LogP contribution >= 0.6 is 0 Å². The molecule has 0 saturated heterocycles. The molecule has 0 saturated carbocycles. The Hall–Kier alpha value is -0.860. The van der Waals surface area contributed by atoms with Gasteiger partial charge in [0.15, 0.2) is 0 Å². The summed E-state index contributed by atoms with van der Waals surface area (Å²) in [7, 11) is 4.28. The topological polar surface area (TPSA) is 15.3 Å². The molecular weight excluding hydrogens is 196 g/mol. The van der Waals surface area contributed by atoms with Gasteiger partial charge in [-0.25, -0.2) is 0 Å². The quantitative estimate of drug-likeness (QED) is 0.833. The summed E-state index contributed by atoms with van der Waals surface area (Å²) in [6, 6.07) is 9.44. The van der Waals surface area contributed by atoms with Gasteiger partial charge in [0.05, 0.1) is 0 Å². The predicted octanol–water partition coefficient (Wildman–Crippen LogP) is 2.22.